The molecule has 0 aliphatic rings. The average Bonchev–Trinajstić information content (AvgIpc) is 2.43. The summed E-state index contributed by atoms with van der Waals surface area (Å²) in [5.41, 5.74) is 4.57. The van der Waals surface area contributed by atoms with Gasteiger partial charge in [0, 0.05) is 23.8 Å². The molecule has 0 saturated heterocycles. The van der Waals surface area contributed by atoms with E-state index in [1.54, 1.807) is 0 Å². The van der Waals surface area contributed by atoms with Crippen molar-refractivity contribution in [2.45, 2.75) is 33.6 Å². The van der Waals surface area contributed by atoms with Crippen molar-refractivity contribution in [1.29, 1.82) is 0 Å². The predicted octanol–water partition coefficient (Wildman–Crippen LogP) is 3.94. The van der Waals surface area contributed by atoms with Crippen molar-refractivity contribution < 1.29 is 4.74 Å². The maximum atomic E-state index is 5.71. The van der Waals surface area contributed by atoms with Crippen molar-refractivity contribution in [2.75, 3.05) is 19.0 Å². The number of aryl methyl sites for hydroxylation is 1. The summed E-state index contributed by atoms with van der Waals surface area (Å²) in [5.74, 6) is 0.915. The van der Waals surface area contributed by atoms with Crippen LogP contribution in [0.3, 0.4) is 0 Å². The molecule has 19 heavy (non-hydrogen) atoms. The average molecular weight is 258 g/mol. The zero-order valence-electron chi connectivity index (χ0n) is 12.2. The number of nitrogens with one attached hydrogen (secondary N) is 1. The van der Waals surface area contributed by atoms with Gasteiger partial charge in [0.05, 0.1) is 12.1 Å². The van der Waals surface area contributed by atoms with E-state index in [9.17, 15) is 0 Å². The molecule has 102 valence electrons. The molecule has 0 fully saturated rings. The third-order valence-corrected chi connectivity index (χ3v) is 3.34. The predicted molar refractivity (Wildman–Crippen MR) is 81.2 cm³/mol. The van der Waals surface area contributed by atoms with Gasteiger partial charge >= 0.3 is 0 Å². The number of nitrogens with zero attached hydrogens (tertiary/aromatic N) is 1. The molecule has 0 radical (unpaired) electrons. The first kappa shape index (κ1) is 13.7. The lowest BCUT2D eigenvalue weighted by Crippen LogP contribution is -2.02. The number of rotatable bonds is 5. The first-order valence-electron chi connectivity index (χ1n) is 6.95. The number of hydrogen-bond donors (Lipinski definition) is 1. The number of pyridine rings is 1. The van der Waals surface area contributed by atoms with Crippen molar-refractivity contribution in [1.82, 2.24) is 4.98 Å². The molecule has 3 nitrogen and oxygen atoms in total. The van der Waals surface area contributed by atoms with Gasteiger partial charge in [-0.3, -0.25) is 4.98 Å². The number of hydrogen-bond acceptors (Lipinski definition) is 3. The first-order chi connectivity index (χ1) is 9.21. The quantitative estimate of drug-likeness (QED) is 0.882. The van der Waals surface area contributed by atoms with Crippen LogP contribution in [0.5, 0.6) is 5.75 Å². The van der Waals surface area contributed by atoms with Crippen molar-refractivity contribution in [3.05, 3.63) is 29.5 Å². The lowest BCUT2D eigenvalue weighted by atomic mass is 10.0. The van der Waals surface area contributed by atoms with Gasteiger partial charge in [-0.15, -0.1) is 0 Å². The van der Waals surface area contributed by atoms with Crippen LogP contribution in [0, 0.1) is 6.92 Å². The molecule has 1 aromatic carbocycles. The highest BCUT2D eigenvalue weighted by atomic mass is 16.5. The molecule has 0 atom stereocenters. The topological polar surface area (TPSA) is 34.1 Å². The Morgan fingerprint density at radius 3 is 2.68 bits per heavy atom. The molecule has 2 aromatic rings. The third-order valence-electron chi connectivity index (χ3n) is 3.34. The summed E-state index contributed by atoms with van der Waals surface area (Å²) < 4.78 is 5.71. The van der Waals surface area contributed by atoms with E-state index in [0.29, 0.717) is 0 Å². The van der Waals surface area contributed by atoms with E-state index in [0.717, 1.165) is 41.8 Å². The monoisotopic (exact) mass is 258 g/mol. The van der Waals surface area contributed by atoms with Gasteiger partial charge in [0.2, 0.25) is 0 Å². The molecular weight excluding hydrogens is 236 g/mol. The van der Waals surface area contributed by atoms with Gasteiger partial charge in [0.1, 0.15) is 5.75 Å². The molecule has 2 rings (SSSR count). The minimum Gasteiger partial charge on any atom is -0.494 e. The fourth-order valence-corrected chi connectivity index (χ4v) is 2.43. The van der Waals surface area contributed by atoms with Gasteiger partial charge < -0.3 is 10.1 Å². The molecule has 0 bridgehead atoms. The van der Waals surface area contributed by atoms with E-state index < -0.39 is 0 Å². The third kappa shape index (κ3) is 2.65. The van der Waals surface area contributed by atoms with Gasteiger partial charge in [-0.25, -0.2) is 0 Å². The van der Waals surface area contributed by atoms with Crippen LogP contribution in [0.1, 0.15) is 31.5 Å². The molecule has 0 unspecified atom stereocenters. The van der Waals surface area contributed by atoms with Gasteiger partial charge in [0.15, 0.2) is 0 Å². The zero-order chi connectivity index (χ0) is 13.8. The minimum absolute atomic E-state index is 0.750. The summed E-state index contributed by atoms with van der Waals surface area (Å²) in [6.45, 7) is 7.09. The molecule has 0 aliphatic carbocycles. The number of benzene rings is 1. The minimum atomic E-state index is 0.750. The summed E-state index contributed by atoms with van der Waals surface area (Å²) in [4.78, 5) is 4.68. The van der Waals surface area contributed by atoms with E-state index in [2.05, 4.69) is 37.1 Å². The van der Waals surface area contributed by atoms with Crippen molar-refractivity contribution in [3.63, 3.8) is 0 Å². The Morgan fingerprint density at radius 1 is 1.26 bits per heavy atom. The van der Waals surface area contributed by atoms with Crippen molar-refractivity contribution in [3.8, 4) is 5.75 Å². The lowest BCUT2D eigenvalue weighted by molar-refractivity contribution is 0.318. The Labute approximate surface area is 115 Å². The second-order valence-electron chi connectivity index (χ2n) is 4.68. The van der Waals surface area contributed by atoms with Gasteiger partial charge in [-0.2, -0.15) is 0 Å². The lowest BCUT2D eigenvalue weighted by Gasteiger charge is -2.15. The van der Waals surface area contributed by atoms with Gasteiger partial charge in [-0.1, -0.05) is 13.8 Å². The normalized spacial score (nSPS) is 10.7. The van der Waals surface area contributed by atoms with Crippen LogP contribution in [-0.2, 0) is 6.42 Å². The standard InChI is InChI=1S/C16H22N2O/c1-5-9-19-12-7-8-15-14(10-12)16(17-4)13(6-2)11(3)18-15/h7-8,10H,5-6,9H2,1-4H3,(H,17,18). The highest BCUT2D eigenvalue weighted by molar-refractivity contribution is 5.94. The molecule has 0 amide bonds. The zero-order valence-corrected chi connectivity index (χ0v) is 12.2. The Kier molecular flexibility index (Phi) is 4.25. The molecule has 1 aromatic heterocycles. The highest BCUT2D eigenvalue weighted by Gasteiger charge is 2.11. The van der Waals surface area contributed by atoms with Crippen LogP contribution < -0.4 is 10.1 Å². The Hall–Kier alpha value is -1.77. The van der Waals surface area contributed by atoms with E-state index in [1.807, 2.05) is 19.2 Å². The summed E-state index contributed by atoms with van der Waals surface area (Å²) in [6.07, 6.45) is 1.99. The van der Waals surface area contributed by atoms with Crippen LogP contribution in [-0.4, -0.2) is 18.6 Å². The van der Waals surface area contributed by atoms with Crippen LogP contribution in [0.4, 0.5) is 5.69 Å². The summed E-state index contributed by atoms with van der Waals surface area (Å²) >= 11 is 0. The van der Waals surface area contributed by atoms with E-state index in [-0.39, 0.29) is 0 Å². The molecule has 3 heteroatoms. The number of fused-ring (bicyclic) bond motifs is 1. The van der Waals surface area contributed by atoms with E-state index in [4.69, 9.17) is 4.74 Å². The van der Waals surface area contributed by atoms with Gasteiger partial charge in [-0.05, 0) is 43.5 Å². The molecular formula is C16H22N2O. The molecule has 0 saturated carbocycles. The number of aromatic nitrogens is 1. The fraction of sp³-hybridized carbons (Fsp3) is 0.438. The van der Waals surface area contributed by atoms with E-state index in [1.165, 1.54) is 11.3 Å². The van der Waals surface area contributed by atoms with Crippen molar-refractivity contribution in [2.24, 2.45) is 0 Å². The van der Waals surface area contributed by atoms with Crippen LogP contribution in [0.15, 0.2) is 18.2 Å². The van der Waals surface area contributed by atoms with Crippen LogP contribution in [0.25, 0.3) is 10.9 Å². The maximum absolute atomic E-state index is 5.71. The summed E-state index contributed by atoms with van der Waals surface area (Å²) in [7, 11) is 1.97. The van der Waals surface area contributed by atoms with Crippen molar-refractivity contribution >= 4 is 16.6 Å². The first-order valence-corrected chi connectivity index (χ1v) is 6.95. The highest BCUT2D eigenvalue weighted by Crippen LogP contribution is 2.31. The Balaban J connectivity index is 2.58. The number of ether oxygens (including phenoxy) is 1. The second-order valence-corrected chi connectivity index (χ2v) is 4.68. The largest absolute Gasteiger partial charge is 0.494 e. The van der Waals surface area contributed by atoms with Crippen LogP contribution >= 0.6 is 0 Å². The molecule has 1 N–H and O–H groups in total. The fourth-order valence-electron chi connectivity index (χ4n) is 2.43. The van der Waals surface area contributed by atoms with Gasteiger partial charge in [0.25, 0.3) is 0 Å². The van der Waals surface area contributed by atoms with E-state index >= 15 is 0 Å². The second kappa shape index (κ2) is 5.91. The molecule has 0 aliphatic heterocycles. The Bertz CT molecular complexity index is 578. The smallest absolute Gasteiger partial charge is 0.120 e. The summed E-state index contributed by atoms with van der Waals surface area (Å²) in [5, 5.41) is 4.46. The molecule has 0 spiro atoms. The summed E-state index contributed by atoms with van der Waals surface area (Å²) in [6, 6.07) is 6.12. The van der Waals surface area contributed by atoms with Crippen LogP contribution in [0.2, 0.25) is 0 Å². The molecule has 1 heterocycles. The maximum Gasteiger partial charge on any atom is 0.120 e. The Morgan fingerprint density at radius 2 is 2.05 bits per heavy atom. The number of anilines is 1. The SMILES string of the molecule is CCCOc1ccc2nc(C)c(CC)c(NC)c2c1.